The highest BCUT2D eigenvalue weighted by atomic mass is 16.5. The number of nitrogens with one attached hydrogen (secondary N) is 2. The predicted molar refractivity (Wildman–Crippen MR) is 132 cm³/mol. The third-order valence-electron chi connectivity index (χ3n) is 6.36. The van der Waals surface area contributed by atoms with Crippen LogP contribution >= 0.6 is 0 Å². The zero-order valence-electron chi connectivity index (χ0n) is 20.6. The molecule has 10 heteroatoms. The Morgan fingerprint density at radius 3 is 2.47 bits per heavy atom. The Labute approximate surface area is 209 Å². The van der Waals surface area contributed by atoms with Crippen molar-refractivity contribution in [1.29, 1.82) is 0 Å². The van der Waals surface area contributed by atoms with Gasteiger partial charge in [0.25, 0.3) is 5.91 Å². The summed E-state index contributed by atoms with van der Waals surface area (Å²) in [5, 5.41) is 5.59. The third-order valence-corrected chi connectivity index (χ3v) is 6.36. The Kier molecular flexibility index (Phi) is 8.07. The summed E-state index contributed by atoms with van der Waals surface area (Å²) in [7, 11) is 4.77. The van der Waals surface area contributed by atoms with Gasteiger partial charge in [-0.15, -0.1) is 0 Å². The van der Waals surface area contributed by atoms with Gasteiger partial charge in [-0.1, -0.05) is 0 Å². The van der Waals surface area contributed by atoms with Gasteiger partial charge in [-0.3, -0.25) is 14.4 Å². The first-order chi connectivity index (χ1) is 17.4. The number of benzene rings is 2. The Hall–Kier alpha value is -3.63. The molecule has 2 N–H and O–H groups in total. The smallest absolute Gasteiger partial charge is 0.257 e. The second-order valence-electron chi connectivity index (χ2n) is 8.84. The van der Waals surface area contributed by atoms with Gasteiger partial charge in [-0.2, -0.15) is 0 Å². The molecule has 0 spiro atoms. The van der Waals surface area contributed by atoms with Crippen molar-refractivity contribution in [3.05, 3.63) is 48.0 Å². The van der Waals surface area contributed by atoms with Crippen LogP contribution in [-0.4, -0.2) is 75.4 Å². The monoisotopic (exact) mass is 497 g/mol. The van der Waals surface area contributed by atoms with Crippen molar-refractivity contribution in [2.45, 2.75) is 37.5 Å². The average Bonchev–Trinajstić information content (AvgIpc) is 2.87. The van der Waals surface area contributed by atoms with Crippen LogP contribution in [0.5, 0.6) is 11.5 Å². The highest BCUT2D eigenvalue weighted by molar-refractivity contribution is 6.00. The van der Waals surface area contributed by atoms with E-state index in [9.17, 15) is 14.4 Å². The number of likely N-dealkylation sites (N-methyl/N-ethyl adjacent to an activating group) is 1. The minimum atomic E-state index is -0.374. The van der Waals surface area contributed by atoms with Crippen molar-refractivity contribution in [2.75, 3.05) is 45.1 Å². The van der Waals surface area contributed by atoms with Gasteiger partial charge in [-0.05, 0) is 55.3 Å². The molecule has 2 heterocycles. The average molecular weight is 498 g/mol. The number of fused-ring (bicyclic) bond motifs is 2. The Morgan fingerprint density at radius 2 is 1.75 bits per heavy atom. The van der Waals surface area contributed by atoms with Crippen LogP contribution in [0.4, 0.5) is 11.4 Å². The standard InChI is InChI=1S/C26H31N3O7/c1-29-21-10-9-19(13-24(30)27-16-4-7-18(34-3)8-5-16)36-23(21)14-35-22-11-6-17(12-20(22)26(29)32)28-25(31)15-33-2/h4-8,11-12,19,21,23H,9-10,13-15H2,1-3H3,(H,27,30)(H,28,31)/t19-,21+,23-/m1/s1. The van der Waals surface area contributed by atoms with Crippen molar-refractivity contribution < 1.29 is 33.3 Å². The lowest BCUT2D eigenvalue weighted by Crippen LogP contribution is -2.53. The topological polar surface area (TPSA) is 115 Å². The van der Waals surface area contributed by atoms with Crippen molar-refractivity contribution >= 4 is 29.1 Å². The van der Waals surface area contributed by atoms with Gasteiger partial charge < -0.3 is 34.5 Å². The largest absolute Gasteiger partial charge is 0.497 e. The van der Waals surface area contributed by atoms with Crippen LogP contribution in [-0.2, 0) is 19.1 Å². The number of hydrogen-bond acceptors (Lipinski definition) is 7. The van der Waals surface area contributed by atoms with Crippen molar-refractivity contribution in [1.82, 2.24) is 4.90 Å². The van der Waals surface area contributed by atoms with Gasteiger partial charge in [0.15, 0.2) is 0 Å². The Balaban J connectivity index is 1.40. The molecule has 0 aromatic heterocycles. The number of carbonyl (C=O) groups is 3. The fourth-order valence-electron chi connectivity index (χ4n) is 4.53. The van der Waals surface area contributed by atoms with Gasteiger partial charge in [0.2, 0.25) is 11.8 Å². The summed E-state index contributed by atoms with van der Waals surface area (Å²) in [5.74, 6) is 0.451. The molecule has 2 aromatic rings. The van der Waals surface area contributed by atoms with E-state index in [1.54, 1.807) is 61.5 Å². The third kappa shape index (κ3) is 5.95. The Bertz CT molecular complexity index is 1110. The van der Waals surface area contributed by atoms with Gasteiger partial charge in [0, 0.05) is 25.5 Å². The summed E-state index contributed by atoms with van der Waals surface area (Å²) < 4.78 is 22.2. The minimum absolute atomic E-state index is 0.0815. The molecule has 0 saturated carbocycles. The summed E-state index contributed by atoms with van der Waals surface area (Å²) in [5.41, 5.74) is 1.54. The zero-order chi connectivity index (χ0) is 25.7. The van der Waals surface area contributed by atoms with Gasteiger partial charge >= 0.3 is 0 Å². The number of methoxy groups -OCH3 is 2. The van der Waals surface area contributed by atoms with E-state index in [1.165, 1.54) is 7.11 Å². The number of anilines is 2. The predicted octanol–water partition coefficient (Wildman–Crippen LogP) is 2.69. The maximum atomic E-state index is 13.3. The number of rotatable bonds is 7. The molecule has 1 saturated heterocycles. The molecule has 3 atom stereocenters. The lowest BCUT2D eigenvalue weighted by molar-refractivity contribution is -0.130. The summed E-state index contributed by atoms with van der Waals surface area (Å²) >= 11 is 0. The second-order valence-corrected chi connectivity index (χ2v) is 8.84. The molecule has 10 nitrogen and oxygen atoms in total. The van der Waals surface area contributed by atoms with E-state index < -0.39 is 0 Å². The molecule has 1 fully saturated rings. The maximum Gasteiger partial charge on any atom is 0.257 e. The molecular formula is C26H31N3O7. The maximum absolute atomic E-state index is 13.3. The number of amides is 3. The lowest BCUT2D eigenvalue weighted by atomic mass is 9.94. The SMILES string of the molecule is COCC(=O)Nc1ccc2c(c1)C(=O)N(C)[C@H]1CC[C@H](CC(=O)Nc3ccc(OC)cc3)O[C@@H]1CO2. The van der Waals surface area contributed by atoms with Crippen LogP contribution in [0.15, 0.2) is 42.5 Å². The molecular weight excluding hydrogens is 466 g/mol. The molecule has 0 unspecified atom stereocenters. The van der Waals surface area contributed by atoms with E-state index in [0.29, 0.717) is 41.3 Å². The van der Waals surface area contributed by atoms with Crippen LogP contribution in [0.1, 0.15) is 29.6 Å². The number of ether oxygens (including phenoxy) is 4. The fourth-order valence-corrected chi connectivity index (χ4v) is 4.53. The number of hydrogen-bond donors (Lipinski definition) is 2. The van der Waals surface area contributed by atoms with Crippen molar-refractivity contribution in [3.8, 4) is 11.5 Å². The Morgan fingerprint density at radius 1 is 1.03 bits per heavy atom. The summed E-state index contributed by atoms with van der Waals surface area (Å²) in [6, 6.07) is 11.9. The first-order valence-electron chi connectivity index (χ1n) is 11.8. The number of nitrogens with zero attached hydrogens (tertiary/aromatic N) is 1. The molecule has 2 aliphatic rings. The van der Waals surface area contributed by atoms with Gasteiger partial charge in [0.1, 0.15) is 30.8 Å². The molecule has 2 aliphatic heterocycles. The molecule has 192 valence electrons. The zero-order valence-corrected chi connectivity index (χ0v) is 20.6. The fraction of sp³-hybridized carbons (Fsp3) is 0.423. The van der Waals surface area contributed by atoms with E-state index >= 15 is 0 Å². The minimum Gasteiger partial charge on any atom is -0.497 e. The van der Waals surface area contributed by atoms with E-state index in [0.717, 1.165) is 0 Å². The summed E-state index contributed by atoms with van der Waals surface area (Å²) in [6.45, 7) is 0.156. The van der Waals surface area contributed by atoms with Crippen LogP contribution in [0.3, 0.4) is 0 Å². The molecule has 2 aromatic carbocycles. The number of carbonyl (C=O) groups excluding carboxylic acids is 3. The summed E-state index contributed by atoms with van der Waals surface area (Å²) in [6.07, 6.45) is 0.855. The second kappa shape index (κ2) is 11.4. The van der Waals surface area contributed by atoms with Crippen molar-refractivity contribution in [2.24, 2.45) is 0 Å². The molecule has 0 radical (unpaired) electrons. The molecule has 3 amide bonds. The first kappa shape index (κ1) is 25.5. The van der Waals surface area contributed by atoms with Crippen LogP contribution in [0, 0.1) is 0 Å². The molecule has 0 bridgehead atoms. The van der Waals surface area contributed by atoms with Gasteiger partial charge in [0.05, 0.1) is 31.2 Å². The lowest BCUT2D eigenvalue weighted by Gasteiger charge is -2.42. The van der Waals surface area contributed by atoms with Crippen LogP contribution < -0.4 is 20.1 Å². The normalized spacial score (nSPS) is 21.2. The highest BCUT2D eigenvalue weighted by Crippen LogP contribution is 2.32. The van der Waals surface area contributed by atoms with E-state index in [1.807, 2.05) is 0 Å². The quantitative estimate of drug-likeness (QED) is 0.604. The molecule has 0 aliphatic carbocycles. The summed E-state index contributed by atoms with van der Waals surface area (Å²) in [4.78, 5) is 39.4. The molecule has 36 heavy (non-hydrogen) atoms. The first-order valence-corrected chi connectivity index (χ1v) is 11.8. The van der Waals surface area contributed by atoms with E-state index in [4.69, 9.17) is 18.9 Å². The van der Waals surface area contributed by atoms with Crippen LogP contribution in [0.25, 0.3) is 0 Å². The van der Waals surface area contributed by atoms with E-state index in [2.05, 4.69) is 10.6 Å². The van der Waals surface area contributed by atoms with E-state index in [-0.39, 0.29) is 55.6 Å². The van der Waals surface area contributed by atoms with Crippen LogP contribution in [0.2, 0.25) is 0 Å². The van der Waals surface area contributed by atoms with Crippen molar-refractivity contribution in [3.63, 3.8) is 0 Å². The highest BCUT2D eigenvalue weighted by Gasteiger charge is 2.39. The molecule has 4 rings (SSSR count). The van der Waals surface area contributed by atoms with Gasteiger partial charge in [-0.25, -0.2) is 0 Å².